The van der Waals surface area contributed by atoms with Gasteiger partial charge in [0.2, 0.25) is 15.9 Å². The summed E-state index contributed by atoms with van der Waals surface area (Å²) in [6.45, 7) is -1.09. The molecule has 3 atom stereocenters. The van der Waals surface area contributed by atoms with Crippen LogP contribution in [0.1, 0.15) is 58.8 Å². The summed E-state index contributed by atoms with van der Waals surface area (Å²) in [5, 5.41) is 13.9. The van der Waals surface area contributed by atoms with Gasteiger partial charge in [-0.2, -0.15) is 37.2 Å². The fourth-order valence-corrected chi connectivity index (χ4v) is 9.16. The first-order valence-electron chi connectivity index (χ1n) is 18.8. The Morgan fingerprint density at radius 1 is 1.03 bits per heavy atom. The van der Waals surface area contributed by atoms with E-state index in [1.807, 2.05) is 0 Å². The van der Waals surface area contributed by atoms with Crippen LogP contribution in [0.3, 0.4) is 0 Å². The topological polar surface area (TPSA) is 164 Å². The minimum Gasteiger partial charge on any atom is -0.344 e. The van der Waals surface area contributed by atoms with Crippen LogP contribution in [-0.2, 0) is 46.9 Å². The SMILES string of the molecule is Cn1nc(NS(C)(=O)=O)c2c(Cl)ccc(-n3c([C@H](Cc4cc(F)cc(F)c4)NC(=O)Cn4nc(C(F)F)c5c4C(F)(F)[C@@H]4C[C@H]54)nc4cc(-n5nccc5C(F)(F)F)ccc4c3=O)c21. The van der Waals surface area contributed by atoms with Gasteiger partial charge < -0.3 is 5.32 Å². The maximum Gasteiger partial charge on any atom is 0.433 e. The van der Waals surface area contributed by atoms with Crippen molar-refractivity contribution in [1.29, 1.82) is 0 Å². The number of halogens is 10. The second-order valence-electron chi connectivity index (χ2n) is 15.4. The largest absolute Gasteiger partial charge is 0.433 e. The third-order valence-electron chi connectivity index (χ3n) is 11.0. The number of aryl methyl sites for hydroxylation is 1. The van der Waals surface area contributed by atoms with Gasteiger partial charge in [-0.15, -0.1) is 0 Å². The molecule has 14 nitrogen and oxygen atoms in total. The number of nitrogens with zero attached hydrogens (tertiary/aromatic N) is 8. The van der Waals surface area contributed by atoms with Crippen molar-refractivity contribution in [2.75, 3.05) is 11.0 Å². The van der Waals surface area contributed by atoms with E-state index in [0.29, 0.717) is 21.5 Å². The summed E-state index contributed by atoms with van der Waals surface area (Å²) in [6, 6.07) is 7.26. The first-order chi connectivity index (χ1) is 30.0. The third kappa shape index (κ3) is 7.30. The lowest BCUT2D eigenvalue weighted by atomic mass is 10.0. The van der Waals surface area contributed by atoms with Gasteiger partial charge in [0.1, 0.15) is 41.1 Å². The molecule has 9 rings (SSSR count). The summed E-state index contributed by atoms with van der Waals surface area (Å²) in [5.74, 6) is -9.84. The van der Waals surface area contributed by atoms with Crippen LogP contribution in [0.25, 0.3) is 33.2 Å². The van der Waals surface area contributed by atoms with Crippen LogP contribution in [0.4, 0.5) is 45.3 Å². The first kappa shape index (κ1) is 42.9. The maximum absolute atomic E-state index is 15.5. The van der Waals surface area contributed by atoms with Crippen LogP contribution in [0.15, 0.2) is 65.6 Å². The average molecular weight is 939 g/mol. The summed E-state index contributed by atoms with van der Waals surface area (Å²) in [4.78, 5) is 33.7. The van der Waals surface area contributed by atoms with Crippen molar-refractivity contribution in [3.05, 3.63) is 122 Å². The van der Waals surface area contributed by atoms with Gasteiger partial charge in [-0.1, -0.05) is 11.6 Å². The zero-order valence-electron chi connectivity index (χ0n) is 32.6. The van der Waals surface area contributed by atoms with Crippen molar-refractivity contribution in [3.63, 3.8) is 0 Å². The molecule has 2 aliphatic carbocycles. The highest BCUT2D eigenvalue weighted by molar-refractivity contribution is 7.92. The number of benzene rings is 3. The molecule has 334 valence electrons. The Kier molecular flexibility index (Phi) is 9.92. The molecule has 3 aromatic carbocycles. The lowest BCUT2D eigenvalue weighted by Crippen LogP contribution is -2.38. The molecule has 1 fully saturated rings. The quantitative estimate of drug-likeness (QED) is 0.129. The zero-order chi connectivity index (χ0) is 45.9. The van der Waals surface area contributed by atoms with E-state index in [0.717, 1.165) is 52.0 Å². The van der Waals surface area contributed by atoms with Gasteiger partial charge in [-0.3, -0.25) is 28.2 Å². The molecule has 4 heterocycles. The standard InChI is InChI=1S/C39H28ClF9N10O4S/c1-56-32-26(6-5-23(40)30(32)35(54-56)55-64(2,62)63)58-36(52-24-13-19(3-4-20(24)37(58)61)59-27(7-8-50-59)39(47,48)49)25(11-16-9-17(41)12-18(42)10-16)51-28(60)15-57-33-29(31(53-57)34(43)44)21-14-22(21)38(33,45)46/h3-10,12-13,21-22,25,34H,11,14-15H2,1-2H3,(H,51,60)(H,54,55)/t21-,22+,25-/m0/s1. The van der Waals surface area contributed by atoms with Crippen LogP contribution in [0.5, 0.6) is 0 Å². The number of sulfonamides is 1. The molecule has 64 heavy (non-hydrogen) atoms. The third-order valence-corrected chi connectivity index (χ3v) is 11.8. The Hall–Kier alpha value is -6.43. The number of nitrogens with one attached hydrogen (secondary N) is 2. The van der Waals surface area contributed by atoms with E-state index in [-0.39, 0.29) is 61.6 Å². The Morgan fingerprint density at radius 2 is 1.75 bits per heavy atom. The van der Waals surface area contributed by atoms with Crippen LogP contribution in [0, 0.1) is 17.6 Å². The molecule has 0 unspecified atom stereocenters. The number of aromatic nitrogens is 8. The van der Waals surface area contributed by atoms with Gasteiger partial charge in [-0.25, -0.2) is 35.6 Å². The van der Waals surface area contributed by atoms with E-state index in [1.165, 1.54) is 19.2 Å². The molecule has 0 bridgehead atoms. The number of hydrogen-bond donors (Lipinski definition) is 2. The minimum absolute atomic E-state index is 0.0135. The number of alkyl halides is 7. The summed E-state index contributed by atoms with van der Waals surface area (Å²) in [6.07, 6.45) is -7.10. The number of anilines is 1. The predicted molar refractivity (Wildman–Crippen MR) is 210 cm³/mol. The van der Waals surface area contributed by atoms with Crippen LogP contribution < -0.4 is 15.6 Å². The molecule has 0 spiro atoms. The lowest BCUT2D eigenvalue weighted by molar-refractivity contribution is -0.142. The molecule has 0 radical (unpaired) electrons. The highest BCUT2D eigenvalue weighted by atomic mass is 35.5. The minimum atomic E-state index is -4.88. The fourth-order valence-electron chi connectivity index (χ4n) is 8.42. The number of amides is 1. The maximum atomic E-state index is 15.5. The van der Waals surface area contributed by atoms with Crippen molar-refractivity contribution in [1.82, 2.24) is 44.2 Å². The summed E-state index contributed by atoms with van der Waals surface area (Å²) in [5.41, 5.74) is -5.11. The normalized spacial score (nSPS) is 17.3. The fraction of sp³-hybridized carbons (Fsp3) is 0.282. The molecule has 0 aliphatic heterocycles. The van der Waals surface area contributed by atoms with Crippen molar-refractivity contribution in [3.8, 4) is 11.4 Å². The highest BCUT2D eigenvalue weighted by Gasteiger charge is 2.67. The van der Waals surface area contributed by atoms with Crippen molar-refractivity contribution in [2.45, 2.75) is 49.9 Å². The van der Waals surface area contributed by atoms with Gasteiger partial charge in [0.25, 0.3) is 17.9 Å². The first-order valence-corrected chi connectivity index (χ1v) is 21.1. The number of hydrogen-bond acceptors (Lipinski definition) is 8. The molecule has 0 saturated heterocycles. The predicted octanol–water partition coefficient (Wildman–Crippen LogP) is 7.22. The summed E-state index contributed by atoms with van der Waals surface area (Å²) >= 11 is 6.57. The van der Waals surface area contributed by atoms with E-state index in [1.54, 1.807) is 0 Å². The summed E-state index contributed by atoms with van der Waals surface area (Å²) < 4.78 is 161. The van der Waals surface area contributed by atoms with Crippen molar-refractivity contribution >= 4 is 55.2 Å². The monoisotopic (exact) mass is 938 g/mol. The van der Waals surface area contributed by atoms with Crippen LogP contribution in [-0.4, -0.2) is 59.5 Å². The molecule has 2 aliphatic rings. The van der Waals surface area contributed by atoms with E-state index in [2.05, 4.69) is 30.3 Å². The molecule has 25 heteroatoms. The molecule has 2 N–H and O–H groups in total. The molecule has 7 aromatic rings. The second kappa shape index (κ2) is 14.8. The van der Waals surface area contributed by atoms with E-state index in [4.69, 9.17) is 11.6 Å². The van der Waals surface area contributed by atoms with Crippen molar-refractivity contribution in [2.24, 2.45) is 13.0 Å². The number of carbonyl (C=O) groups is 1. The highest BCUT2D eigenvalue weighted by Crippen LogP contribution is 2.68. The number of rotatable bonds is 11. The molecule has 1 amide bonds. The van der Waals surface area contributed by atoms with Gasteiger partial charge >= 0.3 is 6.18 Å². The molecular weight excluding hydrogens is 911 g/mol. The van der Waals surface area contributed by atoms with Gasteiger partial charge in [-0.05, 0) is 66.4 Å². The number of carbonyl (C=O) groups excluding carboxylic acids is 1. The van der Waals surface area contributed by atoms with Crippen LogP contribution >= 0.6 is 11.6 Å². The van der Waals surface area contributed by atoms with E-state index < -0.39 is 105 Å². The summed E-state index contributed by atoms with van der Waals surface area (Å²) in [7, 11) is -2.62. The Balaban J connectivity index is 1.27. The van der Waals surface area contributed by atoms with Gasteiger partial charge in [0.15, 0.2) is 5.82 Å². The van der Waals surface area contributed by atoms with E-state index >= 15 is 8.78 Å². The lowest BCUT2D eigenvalue weighted by Gasteiger charge is -2.24. The Labute approximate surface area is 358 Å². The van der Waals surface area contributed by atoms with Crippen LogP contribution in [0.2, 0.25) is 5.02 Å². The molecule has 1 saturated carbocycles. The van der Waals surface area contributed by atoms with Gasteiger partial charge in [0, 0.05) is 31.0 Å². The zero-order valence-corrected chi connectivity index (χ0v) is 34.2. The number of fused-ring (bicyclic) bond motifs is 5. The Morgan fingerprint density at radius 3 is 2.42 bits per heavy atom. The Bertz CT molecular complexity index is 3250. The smallest absolute Gasteiger partial charge is 0.344 e. The van der Waals surface area contributed by atoms with E-state index in [9.17, 15) is 48.7 Å². The van der Waals surface area contributed by atoms with Crippen molar-refractivity contribution < 1.29 is 52.7 Å². The average Bonchev–Trinajstić information content (AvgIpc) is 3.41. The molecule has 4 aromatic heterocycles. The molecular formula is C39H28ClF9N10O4S. The van der Waals surface area contributed by atoms with Gasteiger partial charge in [0.05, 0.1) is 56.7 Å². The second-order valence-corrected chi connectivity index (χ2v) is 17.5.